The van der Waals surface area contributed by atoms with Crippen molar-refractivity contribution in [2.24, 2.45) is 23.7 Å². The molecule has 1 aromatic carbocycles. The van der Waals surface area contributed by atoms with Crippen molar-refractivity contribution >= 4 is 41.5 Å². The number of likely N-dealkylation sites (N-methyl/N-ethyl adjacent to an activating group) is 2. The van der Waals surface area contributed by atoms with Gasteiger partial charge in [-0.15, -0.1) is 0 Å². The van der Waals surface area contributed by atoms with Crippen LogP contribution in [-0.2, 0) is 68.4 Å². The number of nitrogens with one attached hydrogen (secondary N) is 3. The second kappa shape index (κ2) is 36.4. The van der Waals surface area contributed by atoms with Gasteiger partial charge in [0.2, 0.25) is 29.5 Å². The molecule has 1 saturated heterocycles. The Morgan fingerprint density at radius 1 is 0.816 bits per heavy atom. The van der Waals surface area contributed by atoms with Gasteiger partial charge in [0.05, 0.1) is 62.0 Å². The van der Waals surface area contributed by atoms with Gasteiger partial charge >= 0.3 is 11.9 Å². The van der Waals surface area contributed by atoms with Gasteiger partial charge in [0.15, 0.2) is 6.29 Å². The molecule has 0 spiro atoms. The number of carbonyl (C=O) groups excluding carboxylic acids is 7. The van der Waals surface area contributed by atoms with Crippen LogP contribution in [0.2, 0.25) is 0 Å². The van der Waals surface area contributed by atoms with Gasteiger partial charge in [-0.2, -0.15) is 0 Å². The van der Waals surface area contributed by atoms with E-state index < -0.39 is 78.6 Å². The zero-order valence-electron chi connectivity index (χ0n) is 47.6. The maximum atomic E-state index is 14.5. The maximum Gasteiger partial charge on any atom is 0.328 e. The molecule has 20 nitrogen and oxygen atoms in total. The molecule has 0 bridgehead atoms. The number of rotatable bonds is 36. The van der Waals surface area contributed by atoms with E-state index in [-0.39, 0.29) is 107 Å². The van der Waals surface area contributed by atoms with Gasteiger partial charge < -0.3 is 59.3 Å². The lowest BCUT2D eigenvalue weighted by atomic mass is 9.89. The molecule has 0 saturated carbocycles. The quantitative estimate of drug-likeness (QED) is 0.0411. The number of esters is 2. The van der Waals surface area contributed by atoms with Gasteiger partial charge in [0.25, 0.3) is 0 Å². The van der Waals surface area contributed by atoms with E-state index >= 15 is 0 Å². The summed E-state index contributed by atoms with van der Waals surface area (Å²) in [5, 5.41) is 18.0. The first-order valence-electron chi connectivity index (χ1n) is 26.9. The van der Waals surface area contributed by atoms with E-state index in [2.05, 4.69) is 16.0 Å². The molecule has 0 aliphatic carbocycles. The molecule has 436 valence electrons. The Bertz CT molecular complexity index is 1880. The lowest BCUT2D eigenvalue weighted by Crippen LogP contribution is -2.59. The largest absolute Gasteiger partial charge is 0.464 e. The Morgan fingerprint density at radius 2 is 1.49 bits per heavy atom. The lowest BCUT2D eigenvalue weighted by molar-refractivity contribution is -0.194. The Hall–Kier alpha value is -4.73. The number of aliphatic hydroxyl groups excluding tert-OH is 1. The third-order valence-electron chi connectivity index (χ3n) is 14.1. The number of likely N-dealkylation sites (tertiary alicyclic amines) is 1. The molecule has 4 N–H and O–H groups in total. The van der Waals surface area contributed by atoms with Crippen LogP contribution in [0.5, 0.6) is 0 Å². The van der Waals surface area contributed by atoms with Gasteiger partial charge in [0, 0.05) is 60.7 Å². The Morgan fingerprint density at radius 3 is 2.04 bits per heavy atom. The monoisotopic (exact) mass is 1080 g/mol. The fraction of sp³-hybridized carbons (Fsp3) is 0.768. The molecule has 5 amide bonds. The molecule has 1 aliphatic rings. The molecule has 1 aromatic rings. The van der Waals surface area contributed by atoms with Crippen LogP contribution in [0.15, 0.2) is 30.3 Å². The van der Waals surface area contributed by atoms with Crippen LogP contribution in [0.1, 0.15) is 126 Å². The van der Waals surface area contributed by atoms with Gasteiger partial charge in [-0.05, 0) is 69.5 Å². The van der Waals surface area contributed by atoms with Crippen LogP contribution in [0.25, 0.3) is 0 Å². The summed E-state index contributed by atoms with van der Waals surface area (Å²) in [6, 6.07) is 5.92. The van der Waals surface area contributed by atoms with Crippen molar-refractivity contribution in [1.82, 2.24) is 30.7 Å². The minimum absolute atomic E-state index is 0. The predicted octanol–water partition coefficient (Wildman–Crippen LogP) is 4.52. The Labute approximate surface area is 454 Å². The Balaban J connectivity index is 0.0000289. The molecule has 0 aromatic heterocycles. The van der Waals surface area contributed by atoms with Gasteiger partial charge in [-0.25, -0.2) is 4.79 Å². The van der Waals surface area contributed by atoms with Crippen molar-refractivity contribution in [3.8, 4) is 0 Å². The molecular weight excluding hydrogens is 981 g/mol. The van der Waals surface area contributed by atoms with Gasteiger partial charge in [-0.1, -0.05) is 99.6 Å². The number of hydrogen-bond donors (Lipinski definition) is 4. The minimum atomic E-state index is -1.06. The summed E-state index contributed by atoms with van der Waals surface area (Å²) < 4.78 is 33.6. The molecule has 0 radical (unpaired) electrons. The first kappa shape index (κ1) is 69.3. The topological polar surface area (TPSA) is 241 Å². The zero-order chi connectivity index (χ0) is 56.4. The number of carbonyl (C=O) groups is 7. The van der Waals surface area contributed by atoms with E-state index in [0.717, 1.165) is 5.56 Å². The Kier molecular flexibility index (Phi) is 33.2. The summed E-state index contributed by atoms with van der Waals surface area (Å²) >= 11 is 0. The summed E-state index contributed by atoms with van der Waals surface area (Å²) in [5.74, 6) is -3.73. The van der Waals surface area contributed by atoms with E-state index in [0.29, 0.717) is 38.6 Å². The summed E-state index contributed by atoms with van der Waals surface area (Å²) in [6.45, 7) is 15.6. The molecule has 1 heterocycles. The number of benzene rings is 1. The van der Waals surface area contributed by atoms with Crippen molar-refractivity contribution in [3.05, 3.63) is 35.9 Å². The van der Waals surface area contributed by atoms with Crippen molar-refractivity contribution in [3.63, 3.8) is 0 Å². The third kappa shape index (κ3) is 22.3. The van der Waals surface area contributed by atoms with E-state index in [1.165, 1.54) is 21.3 Å². The second-order valence-electron chi connectivity index (χ2n) is 20.6. The van der Waals surface area contributed by atoms with Crippen LogP contribution in [0, 0.1) is 23.7 Å². The van der Waals surface area contributed by atoms with Crippen molar-refractivity contribution < 1.29 is 67.1 Å². The summed E-state index contributed by atoms with van der Waals surface area (Å²) in [5.41, 5.74) is 0.794. The molecule has 1 aliphatic heterocycles. The average molecular weight is 1080 g/mol. The summed E-state index contributed by atoms with van der Waals surface area (Å²) in [7, 11) is 9.83. The number of methoxy groups -OCH3 is 3. The van der Waals surface area contributed by atoms with E-state index in [1.807, 2.05) is 97.8 Å². The molecule has 20 heteroatoms. The fourth-order valence-electron chi connectivity index (χ4n) is 9.69. The maximum absolute atomic E-state index is 14.5. The number of nitrogens with zero attached hydrogens (tertiary/aromatic N) is 3. The first-order chi connectivity index (χ1) is 35.6. The van der Waals surface area contributed by atoms with Gasteiger partial charge in [-0.3, -0.25) is 33.7 Å². The molecule has 11 atom stereocenters. The molecular formula is C56H98N6O14. The second-order valence-corrected chi connectivity index (χ2v) is 20.6. The highest BCUT2D eigenvalue weighted by molar-refractivity contribution is 5.90. The molecule has 2 unspecified atom stereocenters. The number of ether oxygens (including phenoxy) is 6. The van der Waals surface area contributed by atoms with Crippen LogP contribution < -0.4 is 16.0 Å². The summed E-state index contributed by atoms with van der Waals surface area (Å²) in [6.07, 6.45) is 0.524. The summed E-state index contributed by atoms with van der Waals surface area (Å²) in [4.78, 5) is 100. The molecule has 2 rings (SSSR count). The molecule has 1 fully saturated rings. The van der Waals surface area contributed by atoms with E-state index in [1.54, 1.807) is 23.8 Å². The van der Waals surface area contributed by atoms with E-state index in [9.17, 15) is 38.7 Å². The van der Waals surface area contributed by atoms with Crippen molar-refractivity contribution in [2.75, 3.05) is 75.4 Å². The van der Waals surface area contributed by atoms with Crippen LogP contribution in [-0.4, -0.2) is 191 Å². The first-order valence-corrected chi connectivity index (χ1v) is 26.9. The highest BCUT2D eigenvalue weighted by Crippen LogP contribution is 2.30. The standard InChI is InChI=1S/C55H94N6O14.CH4/c1-15-37(7)50(60(11)54(68)48(35(3)4)58-53(67)49(36(5)6)59(9)10)43(70-12)32-45(64)61-29-21-25-42(61)51(72-14)38(8)52(66)57-41(31-39-23-18-17-19-24-39)55(69)73-30-22-28-56-44(63)26-20-27-46(65)74-34-47(71-13)75-40(16-2)33-62;/h17-19,23-24,35-38,40-43,47-51,62H,15-16,20-22,25-34H2,1-14H3,(H,56,63)(H,57,66)(H,58,67);1H4/t37-,38+,40?,41-,42-,43+,47?,48-,49-,50-,51+;/m0./s1. The number of aliphatic hydroxyl groups is 1. The van der Waals surface area contributed by atoms with Crippen LogP contribution in [0.3, 0.4) is 0 Å². The number of hydrogen-bond acceptors (Lipinski definition) is 15. The lowest BCUT2D eigenvalue weighted by Gasteiger charge is -2.41. The smallest absolute Gasteiger partial charge is 0.328 e. The third-order valence-corrected chi connectivity index (χ3v) is 14.1. The fourth-order valence-corrected chi connectivity index (χ4v) is 9.69. The highest BCUT2D eigenvalue weighted by Gasteiger charge is 2.43. The zero-order valence-corrected chi connectivity index (χ0v) is 47.6. The minimum Gasteiger partial charge on any atom is -0.464 e. The number of amides is 5. The predicted molar refractivity (Wildman–Crippen MR) is 290 cm³/mol. The molecule has 76 heavy (non-hydrogen) atoms. The van der Waals surface area contributed by atoms with Crippen molar-refractivity contribution in [2.45, 2.75) is 182 Å². The van der Waals surface area contributed by atoms with Crippen LogP contribution in [0.4, 0.5) is 0 Å². The van der Waals surface area contributed by atoms with Crippen molar-refractivity contribution in [1.29, 1.82) is 0 Å². The van der Waals surface area contributed by atoms with E-state index in [4.69, 9.17) is 28.4 Å². The SMILES string of the molecule is C.CCC(CO)OC(COC(=O)CCCC(=O)NCCCOC(=O)[C@H](Cc1ccccc1)NC(=O)[C@H](C)[C@@H](OC)[C@@H]1CCCN1C(=O)C[C@@H](OC)[C@H]([C@@H](C)CC)N(C)C(=O)[C@@H](NC(=O)[C@H](C(C)C)N(C)C)C(C)C)OC. The average Bonchev–Trinajstić information content (AvgIpc) is 3.87. The normalized spacial score (nSPS) is 17.5. The highest BCUT2D eigenvalue weighted by atomic mass is 16.7. The van der Waals surface area contributed by atoms with Gasteiger partial charge in [0.1, 0.15) is 18.7 Å². The van der Waals surface area contributed by atoms with Crippen LogP contribution >= 0.6 is 0 Å².